The minimum atomic E-state index is 0.185. The van der Waals surface area contributed by atoms with Crippen molar-refractivity contribution in [3.05, 3.63) is 47.7 Å². The highest BCUT2D eigenvalue weighted by Crippen LogP contribution is 2.20. The summed E-state index contributed by atoms with van der Waals surface area (Å²) in [7, 11) is 0. The number of ether oxygens (including phenoxy) is 1. The summed E-state index contributed by atoms with van der Waals surface area (Å²) in [6, 6.07) is 12.0. The average molecular weight is 381 g/mol. The van der Waals surface area contributed by atoms with E-state index in [1.807, 2.05) is 48.2 Å². The van der Waals surface area contributed by atoms with E-state index < -0.39 is 0 Å². The largest absolute Gasteiger partial charge is 0.378 e. The van der Waals surface area contributed by atoms with E-state index >= 15 is 0 Å². The lowest BCUT2D eigenvalue weighted by atomic mass is 10.1. The third-order valence-corrected chi connectivity index (χ3v) is 5.28. The number of piperazine rings is 1. The molecule has 1 amide bonds. The molecule has 0 bridgehead atoms. The van der Waals surface area contributed by atoms with Crippen molar-refractivity contribution in [2.75, 3.05) is 62.3 Å². The van der Waals surface area contributed by atoms with Gasteiger partial charge in [0.25, 0.3) is 0 Å². The van der Waals surface area contributed by atoms with Crippen molar-refractivity contribution in [1.29, 1.82) is 0 Å². The molecule has 2 saturated heterocycles. The lowest BCUT2D eigenvalue weighted by molar-refractivity contribution is -0.130. The highest BCUT2D eigenvalue weighted by molar-refractivity contribution is 5.79. The molecular formula is C21H27N5O2. The molecule has 1 aromatic carbocycles. The monoisotopic (exact) mass is 381 g/mol. The number of morpholine rings is 1. The number of nitrogens with zero attached hydrogens (tertiary/aromatic N) is 5. The predicted molar refractivity (Wildman–Crippen MR) is 109 cm³/mol. The quantitative estimate of drug-likeness (QED) is 0.800. The number of hydrogen-bond acceptors (Lipinski definition) is 6. The van der Waals surface area contributed by atoms with Crippen LogP contribution in [0.25, 0.3) is 0 Å². The summed E-state index contributed by atoms with van der Waals surface area (Å²) >= 11 is 0. The van der Waals surface area contributed by atoms with Crippen molar-refractivity contribution in [3.63, 3.8) is 0 Å². The van der Waals surface area contributed by atoms with Gasteiger partial charge in [0, 0.05) is 51.0 Å². The van der Waals surface area contributed by atoms with Gasteiger partial charge in [0.15, 0.2) is 0 Å². The molecule has 7 heteroatoms. The summed E-state index contributed by atoms with van der Waals surface area (Å²) < 4.78 is 5.44. The number of aryl methyl sites for hydroxylation is 1. The molecule has 0 radical (unpaired) electrons. The molecule has 0 unspecified atom stereocenters. The van der Waals surface area contributed by atoms with Crippen LogP contribution in [0.3, 0.4) is 0 Å². The summed E-state index contributed by atoms with van der Waals surface area (Å²) in [4.78, 5) is 28.4. The Labute approximate surface area is 165 Å². The Kier molecular flexibility index (Phi) is 5.71. The van der Waals surface area contributed by atoms with E-state index in [0.29, 0.717) is 19.5 Å². The molecule has 2 aliphatic heterocycles. The Morgan fingerprint density at radius 1 is 0.964 bits per heavy atom. The number of rotatable bonds is 4. The molecule has 0 atom stereocenters. The first-order chi connectivity index (χ1) is 13.7. The van der Waals surface area contributed by atoms with Gasteiger partial charge in [0.1, 0.15) is 5.82 Å². The molecule has 1 aromatic heterocycles. The molecule has 2 aromatic rings. The van der Waals surface area contributed by atoms with Gasteiger partial charge in [-0.05, 0) is 12.5 Å². The summed E-state index contributed by atoms with van der Waals surface area (Å²) in [5.74, 6) is 1.91. The minimum Gasteiger partial charge on any atom is -0.378 e. The summed E-state index contributed by atoms with van der Waals surface area (Å²) in [6.07, 6.45) is 0.461. The van der Waals surface area contributed by atoms with Gasteiger partial charge in [0.05, 0.1) is 19.6 Å². The van der Waals surface area contributed by atoms with Crippen molar-refractivity contribution in [1.82, 2.24) is 14.9 Å². The third kappa shape index (κ3) is 4.42. The molecule has 4 rings (SSSR count). The highest BCUT2D eigenvalue weighted by Gasteiger charge is 2.24. The number of benzene rings is 1. The highest BCUT2D eigenvalue weighted by atomic mass is 16.5. The number of aromatic nitrogens is 2. The van der Waals surface area contributed by atoms with Crippen LogP contribution in [-0.4, -0.2) is 73.3 Å². The molecule has 2 fully saturated rings. The summed E-state index contributed by atoms with van der Waals surface area (Å²) in [5, 5.41) is 0. The molecule has 0 aliphatic carbocycles. The second-order valence-electron chi connectivity index (χ2n) is 7.30. The molecule has 3 heterocycles. The van der Waals surface area contributed by atoms with Crippen LogP contribution in [0.5, 0.6) is 0 Å². The van der Waals surface area contributed by atoms with E-state index in [2.05, 4.69) is 14.8 Å². The van der Waals surface area contributed by atoms with Crippen LogP contribution in [0.4, 0.5) is 11.8 Å². The number of carbonyl (C=O) groups is 1. The molecule has 0 N–H and O–H groups in total. The van der Waals surface area contributed by atoms with Crippen molar-refractivity contribution in [2.45, 2.75) is 13.3 Å². The second-order valence-corrected chi connectivity index (χ2v) is 7.30. The van der Waals surface area contributed by atoms with Crippen LogP contribution in [0, 0.1) is 6.92 Å². The fourth-order valence-corrected chi connectivity index (χ4v) is 3.67. The first kappa shape index (κ1) is 18.7. The van der Waals surface area contributed by atoms with Gasteiger partial charge in [-0.25, -0.2) is 4.98 Å². The zero-order valence-corrected chi connectivity index (χ0v) is 16.4. The third-order valence-electron chi connectivity index (χ3n) is 5.28. The molecule has 28 heavy (non-hydrogen) atoms. The molecular weight excluding hydrogens is 354 g/mol. The average Bonchev–Trinajstić information content (AvgIpc) is 2.75. The van der Waals surface area contributed by atoms with E-state index in [1.165, 1.54) is 0 Å². The SMILES string of the molecule is Cc1cc(N2CCOCC2)nc(N2CCN(C(=O)Cc3ccccc3)CC2)n1. The Bertz CT molecular complexity index is 800. The predicted octanol–water partition coefficient (Wildman–Crippen LogP) is 1.51. The first-order valence-electron chi connectivity index (χ1n) is 9.94. The molecule has 0 spiro atoms. The topological polar surface area (TPSA) is 61.8 Å². The van der Waals surface area contributed by atoms with E-state index in [9.17, 15) is 4.79 Å². The van der Waals surface area contributed by atoms with Gasteiger partial charge >= 0.3 is 0 Å². The lowest BCUT2D eigenvalue weighted by Crippen LogP contribution is -2.49. The molecule has 0 saturated carbocycles. The Balaban J connectivity index is 1.38. The fraction of sp³-hybridized carbons (Fsp3) is 0.476. The molecule has 148 valence electrons. The van der Waals surface area contributed by atoms with Crippen molar-refractivity contribution >= 4 is 17.7 Å². The Morgan fingerprint density at radius 3 is 2.39 bits per heavy atom. The van der Waals surface area contributed by atoms with Crippen molar-refractivity contribution in [2.24, 2.45) is 0 Å². The van der Waals surface area contributed by atoms with Gasteiger partial charge < -0.3 is 19.4 Å². The summed E-state index contributed by atoms with van der Waals surface area (Å²) in [5.41, 5.74) is 2.03. The van der Waals surface area contributed by atoms with E-state index in [4.69, 9.17) is 9.72 Å². The zero-order chi connectivity index (χ0) is 19.3. The van der Waals surface area contributed by atoms with Gasteiger partial charge in [-0.3, -0.25) is 4.79 Å². The standard InChI is InChI=1S/C21H27N5O2/c1-17-15-19(24-11-13-28-14-12-24)23-21(22-17)26-9-7-25(8-10-26)20(27)16-18-5-3-2-4-6-18/h2-6,15H,7-14,16H2,1H3. The molecule has 7 nitrogen and oxygen atoms in total. The first-order valence-corrected chi connectivity index (χ1v) is 9.94. The van der Waals surface area contributed by atoms with E-state index in [0.717, 1.165) is 62.4 Å². The fourth-order valence-electron chi connectivity index (χ4n) is 3.67. The number of hydrogen-bond donors (Lipinski definition) is 0. The minimum absolute atomic E-state index is 0.185. The Hall–Kier alpha value is -2.67. The smallest absolute Gasteiger partial charge is 0.227 e. The van der Waals surface area contributed by atoms with Gasteiger partial charge in [0.2, 0.25) is 11.9 Å². The zero-order valence-electron chi connectivity index (χ0n) is 16.4. The van der Waals surface area contributed by atoms with Crippen LogP contribution in [0.1, 0.15) is 11.3 Å². The lowest BCUT2D eigenvalue weighted by Gasteiger charge is -2.35. The maximum absolute atomic E-state index is 12.6. The van der Waals surface area contributed by atoms with Gasteiger partial charge in [-0.15, -0.1) is 0 Å². The van der Waals surface area contributed by atoms with Crippen LogP contribution < -0.4 is 9.80 Å². The number of carbonyl (C=O) groups excluding carboxylic acids is 1. The maximum Gasteiger partial charge on any atom is 0.227 e. The molecule has 2 aliphatic rings. The summed E-state index contributed by atoms with van der Waals surface area (Å²) in [6.45, 7) is 8.12. The van der Waals surface area contributed by atoms with Gasteiger partial charge in [-0.2, -0.15) is 4.98 Å². The van der Waals surface area contributed by atoms with Gasteiger partial charge in [-0.1, -0.05) is 30.3 Å². The van der Waals surface area contributed by atoms with Crippen LogP contribution in [0.2, 0.25) is 0 Å². The van der Waals surface area contributed by atoms with Crippen molar-refractivity contribution in [3.8, 4) is 0 Å². The Morgan fingerprint density at radius 2 is 1.68 bits per heavy atom. The van der Waals surface area contributed by atoms with Crippen LogP contribution in [-0.2, 0) is 16.0 Å². The maximum atomic E-state index is 12.6. The van der Waals surface area contributed by atoms with E-state index in [-0.39, 0.29) is 5.91 Å². The number of anilines is 2. The van der Waals surface area contributed by atoms with E-state index in [1.54, 1.807) is 0 Å². The van der Waals surface area contributed by atoms with Crippen LogP contribution >= 0.6 is 0 Å². The van der Waals surface area contributed by atoms with Crippen molar-refractivity contribution < 1.29 is 9.53 Å². The normalized spacial score (nSPS) is 17.7. The van der Waals surface area contributed by atoms with Crippen LogP contribution in [0.15, 0.2) is 36.4 Å². The number of amides is 1. The second kappa shape index (κ2) is 8.56.